The summed E-state index contributed by atoms with van der Waals surface area (Å²) in [6, 6.07) is 14.1. The molecule has 0 fully saturated rings. The molecule has 2 aromatic rings. The molecule has 5 nitrogen and oxygen atoms in total. The van der Waals surface area contributed by atoms with Gasteiger partial charge < -0.3 is 15.2 Å². The molecule has 1 amide bonds. The van der Waals surface area contributed by atoms with Crippen LogP contribution >= 0.6 is 0 Å². The van der Waals surface area contributed by atoms with E-state index in [9.17, 15) is 4.79 Å². The number of nitrogens with zero attached hydrogens (tertiary/aromatic N) is 1. The van der Waals surface area contributed by atoms with Gasteiger partial charge in [0.15, 0.2) is 0 Å². The van der Waals surface area contributed by atoms with Gasteiger partial charge in [0.05, 0.1) is 20.1 Å². The number of nitrogens with one attached hydrogen (secondary N) is 1. The van der Waals surface area contributed by atoms with Crippen molar-refractivity contribution < 1.29 is 14.6 Å². The molecule has 0 radical (unpaired) electrons. The summed E-state index contributed by atoms with van der Waals surface area (Å²) >= 11 is 0. The summed E-state index contributed by atoms with van der Waals surface area (Å²) in [5.74, 6) is 0.849. The van der Waals surface area contributed by atoms with Crippen LogP contribution in [0.5, 0.6) is 5.75 Å². The number of amides is 1. The molecule has 0 bridgehead atoms. The van der Waals surface area contributed by atoms with Crippen LogP contribution in [0.1, 0.15) is 18.1 Å². The minimum atomic E-state index is 0.0340. The van der Waals surface area contributed by atoms with E-state index in [-0.39, 0.29) is 12.5 Å². The zero-order chi connectivity index (χ0) is 18.9. The van der Waals surface area contributed by atoms with E-state index < -0.39 is 0 Å². The molecule has 5 heteroatoms. The van der Waals surface area contributed by atoms with Crippen molar-refractivity contribution in [1.82, 2.24) is 10.2 Å². The summed E-state index contributed by atoms with van der Waals surface area (Å²) in [6.45, 7) is 4.10. The monoisotopic (exact) mass is 356 g/mol. The van der Waals surface area contributed by atoms with Gasteiger partial charge in [0.1, 0.15) is 5.75 Å². The number of likely N-dealkylation sites (N-methyl/N-ethyl adjacent to an activating group) is 2. The Hall–Kier alpha value is -2.37. The average molecular weight is 356 g/mol. The Balaban J connectivity index is 2.21. The number of carbonyl (C=O) groups is 1. The number of carbonyl (C=O) groups excluding carboxylic acids is 1. The molecule has 0 atom stereocenters. The first kappa shape index (κ1) is 19.9. The largest absolute Gasteiger partial charge is 0.496 e. The van der Waals surface area contributed by atoms with Crippen molar-refractivity contribution in [3.05, 3.63) is 53.6 Å². The number of aliphatic hydroxyl groups is 1. The van der Waals surface area contributed by atoms with Crippen molar-refractivity contribution >= 4 is 5.91 Å². The lowest BCUT2D eigenvalue weighted by Crippen LogP contribution is -2.24. The summed E-state index contributed by atoms with van der Waals surface area (Å²) in [7, 11) is 3.65. The average Bonchev–Trinajstić information content (AvgIpc) is 2.62. The molecule has 2 N–H and O–H groups in total. The van der Waals surface area contributed by atoms with Crippen molar-refractivity contribution in [2.45, 2.75) is 19.9 Å². The highest BCUT2D eigenvalue weighted by atomic mass is 16.5. The number of rotatable bonds is 9. The summed E-state index contributed by atoms with van der Waals surface area (Å²) < 4.78 is 5.52. The maximum absolute atomic E-state index is 11.7. The second-order valence-electron chi connectivity index (χ2n) is 6.32. The van der Waals surface area contributed by atoms with E-state index in [0.717, 1.165) is 34.5 Å². The Morgan fingerprint density at radius 2 is 1.85 bits per heavy atom. The molecule has 2 rings (SSSR count). The lowest BCUT2D eigenvalue weighted by atomic mass is 9.99. The van der Waals surface area contributed by atoms with E-state index in [2.05, 4.69) is 16.3 Å². The third-order valence-corrected chi connectivity index (χ3v) is 4.20. The summed E-state index contributed by atoms with van der Waals surface area (Å²) in [5.41, 5.74) is 4.21. The van der Waals surface area contributed by atoms with Crippen LogP contribution in [0.15, 0.2) is 42.5 Å². The first-order valence-electron chi connectivity index (χ1n) is 8.89. The van der Waals surface area contributed by atoms with Crippen LogP contribution in [0.4, 0.5) is 0 Å². The van der Waals surface area contributed by atoms with Gasteiger partial charge in [-0.2, -0.15) is 0 Å². The molecule has 0 saturated carbocycles. The molecular formula is C21H28N2O3. The second kappa shape index (κ2) is 9.94. The van der Waals surface area contributed by atoms with Crippen LogP contribution in [0.2, 0.25) is 0 Å². The number of hydrogen-bond acceptors (Lipinski definition) is 4. The SMILES string of the molecule is CCNC(=O)Cc1ccc(-c2cc(CN(C)CCO)ccc2OC)cc1. The van der Waals surface area contributed by atoms with Gasteiger partial charge in [-0.05, 0) is 42.8 Å². The fourth-order valence-corrected chi connectivity index (χ4v) is 2.89. The Morgan fingerprint density at radius 1 is 1.15 bits per heavy atom. The van der Waals surface area contributed by atoms with Gasteiger partial charge >= 0.3 is 0 Å². The summed E-state index contributed by atoms with van der Waals surface area (Å²) in [5, 5.41) is 11.9. The molecule has 0 heterocycles. The van der Waals surface area contributed by atoms with Crippen LogP contribution in [-0.4, -0.2) is 49.8 Å². The van der Waals surface area contributed by atoms with Crippen molar-refractivity contribution in [3.8, 4) is 16.9 Å². The lowest BCUT2D eigenvalue weighted by molar-refractivity contribution is -0.120. The fourth-order valence-electron chi connectivity index (χ4n) is 2.89. The molecule has 0 aromatic heterocycles. The molecule has 0 aliphatic carbocycles. The van der Waals surface area contributed by atoms with E-state index in [1.807, 2.05) is 50.4 Å². The first-order valence-corrected chi connectivity index (χ1v) is 8.89. The summed E-state index contributed by atoms with van der Waals surface area (Å²) in [4.78, 5) is 13.8. The maximum Gasteiger partial charge on any atom is 0.224 e. The van der Waals surface area contributed by atoms with Gasteiger partial charge in [-0.15, -0.1) is 0 Å². The van der Waals surface area contributed by atoms with E-state index in [0.29, 0.717) is 19.5 Å². The van der Waals surface area contributed by atoms with Crippen LogP contribution in [0, 0.1) is 0 Å². The quantitative estimate of drug-likeness (QED) is 0.725. The van der Waals surface area contributed by atoms with E-state index in [4.69, 9.17) is 9.84 Å². The van der Waals surface area contributed by atoms with Gasteiger partial charge in [-0.25, -0.2) is 0 Å². The van der Waals surface area contributed by atoms with Crippen molar-refractivity contribution in [2.24, 2.45) is 0 Å². The van der Waals surface area contributed by atoms with Crippen LogP contribution in [0.25, 0.3) is 11.1 Å². The number of hydrogen-bond donors (Lipinski definition) is 2. The van der Waals surface area contributed by atoms with Gasteiger partial charge in [0.2, 0.25) is 5.91 Å². The Kier molecular flexibility index (Phi) is 7.63. The lowest BCUT2D eigenvalue weighted by Gasteiger charge is -2.17. The molecule has 0 aliphatic heterocycles. The van der Waals surface area contributed by atoms with Crippen LogP contribution in [-0.2, 0) is 17.8 Å². The molecule has 26 heavy (non-hydrogen) atoms. The standard InChI is InChI=1S/C21H28N2O3/c1-4-22-21(25)14-16-5-8-18(9-6-16)19-13-17(7-10-20(19)26-3)15-23(2)11-12-24/h5-10,13,24H,4,11-12,14-15H2,1-3H3,(H,22,25). The molecule has 2 aromatic carbocycles. The Morgan fingerprint density at radius 3 is 2.46 bits per heavy atom. The van der Waals surface area contributed by atoms with E-state index >= 15 is 0 Å². The third kappa shape index (κ3) is 5.58. The first-order chi connectivity index (χ1) is 12.6. The van der Waals surface area contributed by atoms with Crippen molar-refractivity contribution in [2.75, 3.05) is 33.9 Å². The molecule has 0 spiro atoms. The number of aliphatic hydroxyl groups excluding tert-OH is 1. The number of ether oxygens (including phenoxy) is 1. The van der Waals surface area contributed by atoms with Crippen molar-refractivity contribution in [3.63, 3.8) is 0 Å². The molecule has 0 unspecified atom stereocenters. The van der Waals surface area contributed by atoms with Crippen LogP contribution < -0.4 is 10.1 Å². The normalized spacial score (nSPS) is 10.8. The zero-order valence-electron chi connectivity index (χ0n) is 15.8. The van der Waals surface area contributed by atoms with Crippen molar-refractivity contribution in [1.29, 1.82) is 0 Å². The van der Waals surface area contributed by atoms with Gasteiger partial charge in [0, 0.05) is 25.2 Å². The number of benzene rings is 2. The molecule has 140 valence electrons. The predicted molar refractivity (Wildman–Crippen MR) is 104 cm³/mol. The fraction of sp³-hybridized carbons (Fsp3) is 0.381. The molecular weight excluding hydrogens is 328 g/mol. The molecule has 0 aliphatic rings. The second-order valence-corrected chi connectivity index (χ2v) is 6.32. The molecule has 0 saturated heterocycles. The van der Waals surface area contributed by atoms with Gasteiger partial charge in [0.25, 0.3) is 0 Å². The van der Waals surface area contributed by atoms with Crippen LogP contribution in [0.3, 0.4) is 0 Å². The Labute approximate surface area is 155 Å². The van der Waals surface area contributed by atoms with Gasteiger partial charge in [-0.3, -0.25) is 9.69 Å². The third-order valence-electron chi connectivity index (χ3n) is 4.20. The maximum atomic E-state index is 11.7. The Bertz CT molecular complexity index is 714. The van der Waals surface area contributed by atoms with E-state index in [1.54, 1.807) is 7.11 Å². The summed E-state index contributed by atoms with van der Waals surface area (Å²) in [6.07, 6.45) is 0.386. The number of methoxy groups -OCH3 is 1. The highest BCUT2D eigenvalue weighted by molar-refractivity contribution is 5.79. The predicted octanol–water partition coefficient (Wildman–Crippen LogP) is 2.46. The highest BCUT2D eigenvalue weighted by Crippen LogP contribution is 2.31. The smallest absolute Gasteiger partial charge is 0.224 e. The van der Waals surface area contributed by atoms with Gasteiger partial charge in [-0.1, -0.05) is 30.3 Å². The van der Waals surface area contributed by atoms with E-state index in [1.165, 1.54) is 0 Å². The topological polar surface area (TPSA) is 61.8 Å². The minimum absolute atomic E-state index is 0.0340. The zero-order valence-corrected chi connectivity index (χ0v) is 15.8. The highest BCUT2D eigenvalue weighted by Gasteiger charge is 2.09. The minimum Gasteiger partial charge on any atom is -0.496 e.